The SMILES string of the molecule is CCc1cc(C(=O)OC)c(NC(=O)CN2CCN(c3ccc(F)cc3)CC2)s1. The number of ether oxygens (including phenoxy) is 1. The highest BCUT2D eigenvalue weighted by Crippen LogP contribution is 2.29. The van der Waals surface area contributed by atoms with Gasteiger partial charge in [-0.05, 0) is 36.8 Å². The number of nitrogens with zero attached hydrogens (tertiary/aromatic N) is 2. The molecule has 1 aromatic carbocycles. The zero-order valence-corrected chi connectivity index (χ0v) is 16.9. The maximum atomic E-state index is 13.1. The van der Waals surface area contributed by atoms with Crippen molar-refractivity contribution < 1.29 is 18.7 Å². The molecule has 1 aliphatic rings. The molecule has 150 valence electrons. The summed E-state index contributed by atoms with van der Waals surface area (Å²) in [6.45, 7) is 5.27. The molecule has 0 radical (unpaired) electrons. The molecule has 0 unspecified atom stereocenters. The van der Waals surface area contributed by atoms with E-state index in [2.05, 4.69) is 15.1 Å². The number of hydrogen-bond acceptors (Lipinski definition) is 6. The van der Waals surface area contributed by atoms with E-state index in [4.69, 9.17) is 4.74 Å². The number of anilines is 2. The number of rotatable bonds is 6. The number of halogens is 1. The summed E-state index contributed by atoms with van der Waals surface area (Å²) in [7, 11) is 1.33. The monoisotopic (exact) mass is 405 g/mol. The number of piperazine rings is 1. The molecule has 1 aromatic heterocycles. The third-order valence-electron chi connectivity index (χ3n) is 4.72. The van der Waals surface area contributed by atoms with Gasteiger partial charge in [0.25, 0.3) is 0 Å². The Kier molecular flexibility index (Phi) is 6.64. The smallest absolute Gasteiger partial charge is 0.340 e. The summed E-state index contributed by atoms with van der Waals surface area (Å²) in [5.41, 5.74) is 1.39. The van der Waals surface area contributed by atoms with E-state index in [0.717, 1.165) is 43.2 Å². The molecule has 0 saturated carbocycles. The first-order valence-electron chi connectivity index (χ1n) is 9.24. The molecule has 0 aliphatic carbocycles. The van der Waals surface area contributed by atoms with Crippen molar-refractivity contribution in [2.24, 2.45) is 0 Å². The highest BCUT2D eigenvalue weighted by Gasteiger charge is 2.22. The fourth-order valence-electron chi connectivity index (χ4n) is 3.16. The van der Waals surface area contributed by atoms with Crippen molar-refractivity contribution in [3.63, 3.8) is 0 Å². The first kappa shape index (κ1) is 20.3. The van der Waals surface area contributed by atoms with E-state index in [-0.39, 0.29) is 18.3 Å². The van der Waals surface area contributed by atoms with Crippen LogP contribution in [-0.2, 0) is 16.0 Å². The quantitative estimate of drug-likeness (QED) is 0.749. The van der Waals surface area contributed by atoms with Gasteiger partial charge in [0.15, 0.2) is 0 Å². The summed E-state index contributed by atoms with van der Waals surface area (Å²) in [5, 5.41) is 3.40. The second-order valence-electron chi connectivity index (χ2n) is 6.59. The van der Waals surface area contributed by atoms with Gasteiger partial charge in [0, 0.05) is 36.7 Å². The van der Waals surface area contributed by atoms with Gasteiger partial charge in [0.05, 0.1) is 19.2 Å². The molecular formula is C20H24FN3O3S. The lowest BCUT2D eigenvalue weighted by atomic mass is 10.2. The van der Waals surface area contributed by atoms with E-state index >= 15 is 0 Å². The third kappa shape index (κ3) is 4.88. The number of hydrogen-bond donors (Lipinski definition) is 1. The Balaban J connectivity index is 1.54. The van der Waals surface area contributed by atoms with Gasteiger partial charge in [-0.3, -0.25) is 9.69 Å². The zero-order chi connectivity index (χ0) is 20.1. The Hall–Kier alpha value is -2.45. The van der Waals surface area contributed by atoms with E-state index in [1.165, 1.54) is 30.6 Å². The maximum absolute atomic E-state index is 13.1. The number of amides is 1. The van der Waals surface area contributed by atoms with Crippen LogP contribution in [0, 0.1) is 5.82 Å². The molecule has 8 heteroatoms. The average Bonchev–Trinajstić information content (AvgIpc) is 3.11. The lowest BCUT2D eigenvalue weighted by Crippen LogP contribution is -2.48. The summed E-state index contributed by atoms with van der Waals surface area (Å²) in [5.74, 6) is -0.839. The van der Waals surface area contributed by atoms with E-state index < -0.39 is 5.97 Å². The van der Waals surface area contributed by atoms with E-state index in [9.17, 15) is 14.0 Å². The maximum Gasteiger partial charge on any atom is 0.340 e. The standard InChI is InChI=1S/C20H24FN3O3S/c1-3-16-12-17(20(26)27-2)19(28-16)22-18(25)13-23-8-10-24(11-9-23)15-6-4-14(21)5-7-15/h4-7,12H,3,8-11,13H2,1-2H3,(H,22,25). The predicted molar refractivity (Wildman–Crippen MR) is 109 cm³/mol. The Bertz CT molecular complexity index is 830. The average molecular weight is 405 g/mol. The minimum Gasteiger partial charge on any atom is -0.465 e. The highest BCUT2D eigenvalue weighted by molar-refractivity contribution is 7.16. The predicted octanol–water partition coefficient (Wildman–Crippen LogP) is 3.00. The minimum atomic E-state index is -0.445. The van der Waals surface area contributed by atoms with Crippen LogP contribution < -0.4 is 10.2 Å². The van der Waals surface area contributed by atoms with Crippen molar-refractivity contribution >= 4 is 33.9 Å². The fourth-order valence-corrected chi connectivity index (χ4v) is 4.16. The van der Waals surface area contributed by atoms with Crippen molar-refractivity contribution in [2.45, 2.75) is 13.3 Å². The molecule has 0 atom stereocenters. The minimum absolute atomic E-state index is 0.148. The number of carbonyl (C=O) groups excluding carboxylic acids is 2. The van der Waals surface area contributed by atoms with Gasteiger partial charge in [0.1, 0.15) is 10.8 Å². The Morgan fingerprint density at radius 2 is 1.86 bits per heavy atom. The largest absolute Gasteiger partial charge is 0.465 e. The first-order chi connectivity index (χ1) is 13.5. The molecule has 2 heterocycles. The van der Waals surface area contributed by atoms with Crippen molar-refractivity contribution in [3.8, 4) is 0 Å². The van der Waals surface area contributed by atoms with Crippen LogP contribution in [0.2, 0.25) is 0 Å². The van der Waals surface area contributed by atoms with E-state index in [0.29, 0.717) is 10.6 Å². The van der Waals surface area contributed by atoms with Crippen LogP contribution in [0.5, 0.6) is 0 Å². The molecule has 0 spiro atoms. The van der Waals surface area contributed by atoms with Gasteiger partial charge in [-0.2, -0.15) is 0 Å². The Labute approximate surface area is 167 Å². The number of thiophene rings is 1. The van der Waals surface area contributed by atoms with Crippen molar-refractivity contribution in [3.05, 3.63) is 46.6 Å². The molecule has 1 saturated heterocycles. The van der Waals surface area contributed by atoms with E-state index in [1.54, 1.807) is 18.2 Å². The van der Waals surface area contributed by atoms with Gasteiger partial charge >= 0.3 is 5.97 Å². The van der Waals surface area contributed by atoms with Crippen LogP contribution in [0.3, 0.4) is 0 Å². The lowest BCUT2D eigenvalue weighted by molar-refractivity contribution is -0.117. The Morgan fingerprint density at radius 3 is 2.46 bits per heavy atom. The number of benzene rings is 1. The summed E-state index contributed by atoms with van der Waals surface area (Å²) in [6, 6.07) is 8.23. The second-order valence-corrected chi connectivity index (χ2v) is 7.73. The normalized spacial score (nSPS) is 14.8. The molecule has 1 N–H and O–H groups in total. The van der Waals surface area contributed by atoms with Gasteiger partial charge in [-0.1, -0.05) is 6.92 Å². The lowest BCUT2D eigenvalue weighted by Gasteiger charge is -2.35. The molecule has 6 nitrogen and oxygen atoms in total. The molecule has 0 bridgehead atoms. The molecule has 28 heavy (non-hydrogen) atoms. The third-order valence-corrected chi connectivity index (χ3v) is 5.92. The number of carbonyl (C=O) groups is 2. The van der Waals surface area contributed by atoms with Crippen LogP contribution in [0.25, 0.3) is 0 Å². The summed E-state index contributed by atoms with van der Waals surface area (Å²) >= 11 is 1.40. The molecule has 2 aromatic rings. The zero-order valence-electron chi connectivity index (χ0n) is 16.0. The fraction of sp³-hybridized carbons (Fsp3) is 0.400. The van der Waals surface area contributed by atoms with Gasteiger partial charge in [0.2, 0.25) is 5.91 Å². The van der Waals surface area contributed by atoms with Crippen LogP contribution in [-0.4, -0.2) is 56.6 Å². The molecule has 1 fully saturated rings. The van der Waals surface area contributed by atoms with Gasteiger partial charge in [-0.25, -0.2) is 9.18 Å². The summed E-state index contributed by atoms with van der Waals surface area (Å²) in [6.07, 6.45) is 0.788. The van der Waals surface area contributed by atoms with Crippen molar-refractivity contribution in [2.75, 3.05) is 50.1 Å². The molecular weight excluding hydrogens is 381 g/mol. The second kappa shape index (κ2) is 9.16. The first-order valence-corrected chi connectivity index (χ1v) is 10.1. The van der Waals surface area contributed by atoms with Crippen molar-refractivity contribution in [1.29, 1.82) is 0 Å². The number of methoxy groups -OCH3 is 1. The topological polar surface area (TPSA) is 61.9 Å². The van der Waals surface area contributed by atoms with Crippen LogP contribution >= 0.6 is 11.3 Å². The van der Waals surface area contributed by atoms with Gasteiger partial charge in [-0.15, -0.1) is 11.3 Å². The summed E-state index contributed by atoms with van der Waals surface area (Å²) < 4.78 is 17.9. The molecule has 1 amide bonds. The van der Waals surface area contributed by atoms with Crippen LogP contribution in [0.4, 0.5) is 15.1 Å². The van der Waals surface area contributed by atoms with Crippen LogP contribution in [0.15, 0.2) is 30.3 Å². The highest BCUT2D eigenvalue weighted by atomic mass is 32.1. The van der Waals surface area contributed by atoms with Gasteiger partial charge < -0.3 is 15.0 Å². The number of nitrogens with one attached hydrogen (secondary N) is 1. The number of esters is 1. The van der Waals surface area contributed by atoms with Crippen molar-refractivity contribution in [1.82, 2.24) is 4.90 Å². The number of aryl methyl sites for hydroxylation is 1. The van der Waals surface area contributed by atoms with Crippen LogP contribution in [0.1, 0.15) is 22.2 Å². The molecule has 1 aliphatic heterocycles. The Morgan fingerprint density at radius 1 is 1.18 bits per heavy atom. The molecule has 3 rings (SSSR count). The summed E-state index contributed by atoms with van der Waals surface area (Å²) in [4.78, 5) is 29.7. The van der Waals surface area contributed by atoms with E-state index in [1.807, 2.05) is 6.92 Å².